The number of carbonyl (C=O) groups is 1. The smallest absolute Gasteiger partial charge is 0.254 e. The van der Waals surface area contributed by atoms with E-state index in [0.29, 0.717) is 46.1 Å². The molecule has 1 fully saturated rings. The van der Waals surface area contributed by atoms with Crippen LogP contribution in [0, 0.1) is 0 Å². The Bertz CT molecular complexity index is 1080. The van der Waals surface area contributed by atoms with E-state index in [1.165, 1.54) is 21.3 Å². The molecule has 0 radical (unpaired) electrons. The van der Waals surface area contributed by atoms with Crippen LogP contribution in [0.3, 0.4) is 0 Å². The first-order valence-corrected chi connectivity index (χ1v) is 10.1. The molecule has 4 rings (SSSR count). The van der Waals surface area contributed by atoms with Crippen LogP contribution >= 0.6 is 11.6 Å². The first-order valence-electron chi connectivity index (χ1n) is 9.76. The van der Waals surface area contributed by atoms with Crippen molar-refractivity contribution in [1.82, 2.24) is 15.0 Å². The summed E-state index contributed by atoms with van der Waals surface area (Å²) in [5.41, 5.74) is 1.18. The van der Waals surface area contributed by atoms with Crippen LogP contribution in [0.25, 0.3) is 11.4 Å². The van der Waals surface area contributed by atoms with Gasteiger partial charge in [-0.2, -0.15) is 4.98 Å². The van der Waals surface area contributed by atoms with E-state index in [-0.39, 0.29) is 11.9 Å². The summed E-state index contributed by atoms with van der Waals surface area (Å²) in [7, 11) is 4.55. The average Bonchev–Trinajstić information content (AvgIpc) is 3.47. The van der Waals surface area contributed by atoms with Crippen molar-refractivity contribution in [2.75, 3.05) is 27.9 Å². The first-order chi connectivity index (χ1) is 15.0. The molecule has 9 heteroatoms. The van der Waals surface area contributed by atoms with Gasteiger partial charge >= 0.3 is 0 Å². The normalized spacial score (nSPS) is 15.7. The minimum absolute atomic E-state index is 0.177. The number of benzene rings is 2. The van der Waals surface area contributed by atoms with Gasteiger partial charge in [0.05, 0.1) is 21.3 Å². The molecule has 31 heavy (non-hydrogen) atoms. The van der Waals surface area contributed by atoms with Gasteiger partial charge in [0.2, 0.25) is 17.5 Å². The number of ether oxygens (including phenoxy) is 3. The molecular formula is C22H22ClN3O5. The molecule has 2 aromatic carbocycles. The fourth-order valence-electron chi connectivity index (χ4n) is 3.75. The van der Waals surface area contributed by atoms with Gasteiger partial charge in [-0.05, 0) is 37.1 Å². The first kappa shape index (κ1) is 21.0. The number of carbonyl (C=O) groups excluding carboxylic acids is 1. The van der Waals surface area contributed by atoms with E-state index in [4.69, 9.17) is 30.3 Å². The summed E-state index contributed by atoms with van der Waals surface area (Å²) in [6.07, 6.45) is 1.56. The molecule has 0 N–H and O–H groups in total. The van der Waals surface area contributed by atoms with Crippen LogP contribution < -0.4 is 14.2 Å². The van der Waals surface area contributed by atoms with Gasteiger partial charge < -0.3 is 23.6 Å². The highest BCUT2D eigenvalue weighted by atomic mass is 35.5. The number of methoxy groups -OCH3 is 3. The highest BCUT2D eigenvalue weighted by Gasteiger charge is 2.35. The van der Waals surface area contributed by atoms with Crippen molar-refractivity contribution in [2.45, 2.75) is 18.9 Å². The molecule has 1 aliphatic rings. The summed E-state index contributed by atoms with van der Waals surface area (Å²) in [5, 5.41) is 4.66. The summed E-state index contributed by atoms with van der Waals surface area (Å²) in [6.45, 7) is 0.578. The zero-order valence-corrected chi connectivity index (χ0v) is 18.2. The largest absolute Gasteiger partial charge is 0.493 e. The van der Waals surface area contributed by atoms with E-state index in [2.05, 4.69) is 10.1 Å². The van der Waals surface area contributed by atoms with Gasteiger partial charge in [0.25, 0.3) is 5.91 Å². The Morgan fingerprint density at radius 1 is 1.13 bits per heavy atom. The van der Waals surface area contributed by atoms with E-state index in [9.17, 15) is 4.79 Å². The molecule has 0 saturated carbocycles. The maximum Gasteiger partial charge on any atom is 0.254 e. The molecular weight excluding hydrogens is 422 g/mol. The lowest BCUT2D eigenvalue weighted by atomic mass is 10.1. The highest BCUT2D eigenvalue weighted by Crippen LogP contribution is 2.40. The van der Waals surface area contributed by atoms with Crippen LogP contribution in [0.15, 0.2) is 40.9 Å². The zero-order valence-electron chi connectivity index (χ0n) is 17.4. The second-order valence-electron chi connectivity index (χ2n) is 7.04. The summed E-state index contributed by atoms with van der Waals surface area (Å²) >= 11 is 6.06. The van der Waals surface area contributed by atoms with Crippen molar-refractivity contribution >= 4 is 17.5 Å². The third-order valence-corrected chi connectivity index (χ3v) is 5.47. The molecule has 1 saturated heterocycles. The lowest BCUT2D eigenvalue weighted by Gasteiger charge is -2.23. The van der Waals surface area contributed by atoms with E-state index in [0.717, 1.165) is 18.4 Å². The molecule has 3 aromatic rings. The van der Waals surface area contributed by atoms with Gasteiger partial charge in [-0.3, -0.25) is 4.79 Å². The SMILES string of the molecule is COc1cc(C(=O)N2CCCC2c2nc(-c3cccc(Cl)c3)no2)cc(OC)c1OC. The van der Waals surface area contributed by atoms with Gasteiger partial charge in [-0.15, -0.1) is 0 Å². The third-order valence-electron chi connectivity index (χ3n) is 5.23. The molecule has 1 aromatic heterocycles. The lowest BCUT2D eigenvalue weighted by Crippen LogP contribution is -2.30. The average molecular weight is 444 g/mol. The molecule has 0 spiro atoms. The number of likely N-dealkylation sites (tertiary alicyclic amines) is 1. The van der Waals surface area contributed by atoms with Crippen molar-refractivity contribution in [2.24, 2.45) is 0 Å². The van der Waals surface area contributed by atoms with E-state index in [1.807, 2.05) is 12.1 Å². The molecule has 162 valence electrons. The molecule has 1 unspecified atom stereocenters. The van der Waals surface area contributed by atoms with E-state index >= 15 is 0 Å². The second-order valence-corrected chi connectivity index (χ2v) is 7.47. The van der Waals surface area contributed by atoms with E-state index in [1.54, 1.807) is 29.2 Å². The zero-order chi connectivity index (χ0) is 22.0. The van der Waals surface area contributed by atoms with Crippen molar-refractivity contribution in [3.63, 3.8) is 0 Å². The van der Waals surface area contributed by atoms with Gasteiger partial charge in [0.1, 0.15) is 6.04 Å². The maximum absolute atomic E-state index is 13.4. The van der Waals surface area contributed by atoms with Crippen LogP contribution in [0.5, 0.6) is 17.2 Å². The number of nitrogens with zero attached hydrogens (tertiary/aromatic N) is 3. The van der Waals surface area contributed by atoms with Gasteiger partial charge in [0, 0.05) is 22.7 Å². The number of rotatable bonds is 6. The van der Waals surface area contributed by atoms with Crippen LogP contribution in [-0.4, -0.2) is 48.8 Å². The summed E-state index contributed by atoms with van der Waals surface area (Å²) in [4.78, 5) is 19.6. The fourth-order valence-corrected chi connectivity index (χ4v) is 3.94. The predicted octanol–water partition coefficient (Wildman–Crippen LogP) is 4.39. The Kier molecular flexibility index (Phi) is 5.99. The third kappa shape index (κ3) is 4.03. The second kappa shape index (κ2) is 8.85. The molecule has 8 nitrogen and oxygen atoms in total. The molecule has 1 aliphatic heterocycles. The monoisotopic (exact) mass is 443 g/mol. The lowest BCUT2D eigenvalue weighted by molar-refractivity contribution is 0.0709. The Hall–Kier alpha value is -3.26. The quantitative estimate of drug-likeness (QED) is 0.558. The molecule has 0 aliphatic carbocycles. The highest BCUT2D eigenvalue weighted by molar-refractivity contribution is 6.30. The Morgan fingerprint density at radius 2 is 1.87 bits per heavy atom. The van der Waals surface area contributed by atoms with Crippen molar-refractivity contribution in [3.8, 4) is 28.6 Å². The molecule has 2 heterocycles. The van der Waals surface area contributed by atoms with Crippen molar-refractivity contribution in [1.29, 1.82) is 0 Å². The van der Waals surface area contributed by atoms with Gasteiger partial charge in [0.15, 0.2) is 11.5 Å². The summed E-state index contributed by atoms with van der Waals surface area (Å²) in [6, 6.07) is 10.2. The Morgan fingerprint density at radius 3 is 2.52 bits per heavy atom. The van der Waals surface area contributed by atoms with Crippen LogP contribution in [0.2, 0.25) is 5.02 Å². The predicted molar refractivity (Wildman–Crippen MR) is 114 cm³/mol. The standard InChI is InChI=1S/C22H22ClN3O5/c1-28-17-11-14(12-18(29-2)19(17)30-3)22(27)26-9-5-8-16(26)21-24-20(25-31-21)13-6-4-7-15(23)10-13/h4,6-7,10-12,16H,5,8-9H2,1-3H3. The minimum Gasteiger partial charge on any atom is -0.493 e. The molecule has 1 amide bonds. The van der Waals surface area contributed by atoms with Crippen LogP contribution in [0.4, 0.5) is 0 Å². The van der Waals surface area contributed by atoms with Gasteiger partial charge in [-0.25, -0.2) is 0 Å². The summed E-state index contributed by atoms with van der Waals surface area (Å²) < 4.78 is 21.6. The number of hydrogen-bond acceptors (Lipinski definition) is 7. The topological polar surface area (TPSA) is 86.9 Å². The van der Waals surface area contributed by atoms with Crippen LogP contribution in [-0.2, 0) is 0 Å². The minimum atomic E-state index is -0.313. The van der Waals surface area contributed by atoms with E-state index < -0.39 is 0 Å². The van der Waals surface area contributed by atoms with Crippen molar-refractivity contribution < 1.29 is 23.5 Å². The summed E-state index contributed by atoms with van der Waals surface area (Å²) in [5.74, 6) is 1.92. The number of amides is 1. The van der Waals surface area contributed by atoms with Crippen LogP contribution in [0.1, 0.15) is 35.1 Å². The fraction of sp³-hybridized carbons (Fsp3) is 0.318. The molecule has 0 bridgehead atoms. The number of aromatic nitrogens is 2. The number of halogens is 1. The number of hydrogen-bond donors (Lipinski definition) is 0. The molecule has 1 atom stereocenters. The Balaban J connectivity index is 1.63. The maximum atomic E-state index is 13.4. The van der Waals surface area contributed by atoms with Gasteiger partial charge in [-0.1, -0.05) is 28.9 Å². The van der Waals surface area contributed by atoms with Crippen molar-refractivity contribution in [3.05, 3.63) is 52.9 Å². The Labute approximate surface area is 184 Å².